The minimum Gasteiger partial charge on any atom is -0.545 e. The third-order valence-electron chi connectivity index (χ3n) is 7.38. The van der Waals surface area contributed by atoms with Gasteiger partial charge in [0.2, 0.25) is 8.32 Å². The first-order valence-corrected chi connectivity index (χ1v) is 14.3. The second-order valence-corrected chi connectivity index (χ2v) is 13.8. The molecule has 1 saturated heterocycles. The molecule has 156 valence electrons. The van der Waals surface area contributed by atoms with Crippen LogP contribution < -0.4 is 0 Å². The summed E-state index contributed by atoms with van der Waals surface area (Å²) in [7, 11) is -1.73. The van der Waals surface area contributed by atoms with Gasteiger partial charge in [-0.25, -0.2) is 0 Å². The normalized spacial score (nSPS) is 30.0. The van der Waals surface area contributed by atoms with Gasteiger partial charge < -0.3 is 13.9 Å². The lowest BCUT2D eigenvalue weighted by Gasteiger charge is -2.35. The average Bonchev–Trinajstić information content (AvgIpc) is 3.02. The summed E-state index contributed by atoms with van der Waals surface area (Å²) in [4.78, 5) is 0. The van der Waals surface area contributed by atoms with E-state index in [2.05, 4.69) is 33.8 Å². The Morgan fingerprint density at radius 3 is 2.11 bits per heavy atom. The molecule has 3 aliphatic rings. The van der Waals surface area contributed by atoms with E-state index in [-0.39, 0.29) is 18.0 Å². The van der Waals surface area contributed by atoms with Gasteiger partial charge >= 0.3 is 0 Å². The first-order valence-electron chi connectivity index (χ1n) is 11.8. The Kier molecular flexibility index (Phi) is 7.49. The maximum absolute atomic E-state index is 6.97. The summed E-state index contributed by atoms with van der Waals surface area (Å²) >= 11 is 0. The van der Waals surface area contributed by atoms with Crippen molar-refractivity contribution >= 4 is 8.32 Å². The lowest BCUT2D eigenvalue weighted by atomic mass is 9.88. The molecule has 0 N–H and O–H groups in total. The maximum Gasteiger partial charge on any atom is 0.250 e. The molecule has 0 aromatic rings. The lowest BCUT2D eigenvalue weighted by molar-refractivity contribution is -0.192. The molecule has 2 aliphatic carbocycles. The molecule has 0 aromatic carbocycles. The van der Waals surface area contributed by atoms with Crippen molar-refractivity contribution in [1.29, 1.82) is 0 Å². The first kappa shape index (κ1) is 21.4. The van der Waals surface area contributed by atoms with Gasteiger partial charge in [0.25, 0.3) is 0 Å². The van der Waals surface area contributed by atoms with Crippen molar-refractivity contribution in [2.45, 2.75) is 128 Å². The standard InChI is InChI=1S/C23H42O3Si/c1-5-27(6-2,7-3)26-21(18-20-14-10-8-11-15-20)22-19(4)24-23(25-22)16-12-9-13-17-23/h18-20,22H,5-17H2,1-4H3/b21-18-. The highest BCUT2D eigenvalue weighted by molar-refractivity contribution is 6.73. The van der Waals surface area contributed by atoms with Crippen molar-refractivity contribution < 1.29 is 13.9 Å². The number of allylic oxidation sites excluding steroid dienone is 1. The van der Waals surface area contributed by atoms with Crippen molar-refractivity contribution in [1.82, 2.24) is 0 Å². The number of rotatable bonds is 7. The van der Waals surface area contributed by atoms with E-state index in [1.165, 1.54) is 69.5 Å². The molecule has 27 heavy (non-hydrogen) atoms. The van der Waals surface area contributed by atoms with Gasteiger partial charge in [0.1, 0.15) is 11.9 Å². The Balaban J connectivity index is 1.83. The highest BCUT2D eigenvalue weighted by Crippen LogP contribution is 2.44. The molecule has 3 fully saturated rings. The Morgan fingerprint density at radius 2 is 1.52 bits per heavy atom. The second-order valence-electron chi connectivity index (χ2n) is 9.15. The number of hydrogen-bond donors (Lipinski definition) is 0. The molecule has 2 atom stereocenters. The Hall–Kier alpha value is -0.323. The summed E-state index contributed by atoms with van der Waals surface area (Å²) in [5, 5.41) is 0. The zero-order valence-electron chi connectivity index (χ0n) is 18.2. The van der Waals surface area contributed by atoms with E-state index in [0.717, 1.165) is 18.6 Å². The predicted molar refractivity (Wildman–Crippen MR) is 114 cm³/mol. The Morgan fingerprint density at radius 1 is 0.926 bits per heavy atom. The quantitative estimate of drug-likeness (QED) is 0.346. The smallest absolute Gasteiger partial charge is 0.250 e. The van der Waals surface area contributed by atoms with E-state index < -0.39 is 8.32 Å². The summed E-state index contributed by atoms with van der Waals surface area (Å²) in [6.45, 7) is 9.14. The number of hydrogen-bond acceptors (Lipinski definition) is 3. The van der Waals surface area contributed by atoms with Crippen LogP contribution in [-0.2, 0) is 13.9 Å². The van der Waals surface area contributed by atoms with Crippen LogP contribution in [0.25, 0.3) is 0 Å². The Bertz CT molecular complexity index is 480. The summed E-state index contributed by atoms with van der Waals surface area (Å²) in [5.41, 5.74) is 0. The zero-order chi connectivity index (χ0) is 19.3. The van der Waals surface area contributed by atoms with Crippen molar-refractivity contribution in [3.8, 4) is 0 Å². The average molecular weight is 395 g/mol. The number of ether oxygens (including phenoxy) is 2. The zero-order valence-corrected chi connectivity index (χ0v) is 19.2. The topological polar surface area (TPSA) is 27.7 Å². The second kappa shape index (κ2) is 9.45. The summed E-state index contributed by atoms with van der Waals surface area (Å²) < 4.78 is 20.1. The first-order chi connectivity index (χ1) is 13.1. The molecule has 1 spiro atoms. The molecule has 1 heterocycles. The fourth-order valence-corrected chi connectivity index (χ4v) is 7.92. The molecular weight excluding hydrogens is 352 g/mol. The van der Waals surface area contributed by atoms with Gasteiger partial charge in [-0.2, -0.15) is 0 Å². The van der Waals surface area contributed by atoms with E-state index >= 15 is 0 Å². The summed E-state index contributed by atoms with van der Waals surface area (Å²) in [5.74, 6) is 1.45. The van der Waals surface area contributed by atoms with Crippen LogP contribution in [0.15, 0.2) is 11.8 Å². The third-order valence-corrected chi connectivity index (χ3v) is 11.9. The molecule has 2 saturated carbocycles. The van der Waals surface area contributed by atoms with Crippen molar-refractivity contribution in [2.75, 3.05) is 0 Å². The molecule has 3 rings (SSSR count). The SMILES string of the molecule is CC[Si](CC)(CC)O/C(=C\C1CCCCC1)C1OC2(CCCCC2)OC1C. The van der Waals surface area contributed by atoms with Crippen molar-refractivity contribution in [2.24, 2.45) is 5.92 Å². The van der Waals surface area contributed by atoms with E-state index in [1.807, 2.05) is 0 Å². The van der Waals surface area contributed by atoms with Crippen LogP contribution in [0.3, 0.4) is 0 Å². The van der Waals surface area contributed by atoms with Crippen LogP contribution in [0.1, 0.15) is 91.9 Å². The summed E-state index contributed by atoms with van der Waals surface area (Å²) in [6, 6.07) is 3.53. The molecule has 0 bridgehead atoms. The van der Waals surface area contributed by atoms with Gasteiger partial charge in [0.15, 0.2) is 5.79 Å². The fourth-order valence-electron chi connectivity index (χ4n) is 5.31. The van der Waals surface area contributed by atoms with Crippen molar-refractivity contribution in [3.63, 3.8) is 0 Å². The van der Waals surface area contributed by atoms with E-state index in [1.54, 1.807) is 0 Å². The monoisotopic (exact) mass is 394 g/mol. The van der Waals surface area contributed by atoms with Crippen LogP contribution >= 0.6 is 0 Å². The minimum atomic E-state index is -1.73. The molecule has 0 amide bonds. The fraction of sp³-hybridized carbons (Fsp3) is 0.913. The molecule has 2 unspecified atom stereocenters. The van der Waals surface area contributed by atoms with Gasteiger partial charge in [0.05, 0.1) is 6.10 Å². The molecule has 1 aliphatic heterocycles. The van der Waals surface area contributed by atoms with Crippen molar-refractivity contribution in [3.05, 3.63) is 11.8 Å². The molecule has 3 nitrogen and oxygen atoms in total. The van der Waals surface area contributed by atoms with Crippen LogP contribution in [0, 0.1) is 5.92 Å². The highest BCUT2D eigenvalue weighted by atomic mass is 28.4. The molecule has 0 radical (unpaired) electrons. The molecule has 4 heteroatoms. The van der Waals surface area contributed by atoms with E-state index in [4.69, 9.17) is 13.9 Å². The van der Waals surface area contributed by atoms with Gasteiger partial charge in [-0.1, -0.05) is 46.5 Å². The van der Waals surface area contributed by atoms with E-state index in [9.17, 15) is 0 Å². The van der Waals surface area contributed by atoms with E-state index in [0.29, 0.717) is 5.92 Å². The van der Waals surface area contributed by atoms with Crippen LogP contribution in [0.4, 0.5) is 0 Å². The van der Waals surface area contributed by atoms with Crippen LogP contribution in [0.2, 0.25) is 18.1 Å². The summed E-state index contributed by atoms with van der Waals surface area (Å²) in [6.07, 6.45) is 15.1. The highest BCUT2D eigenvalue weighted by Gasteiger charge is 2.49. The molecule has 0 aromatic heterocycles. The molecular formula is C23H42O3Si. The van der Waals surface area contributed by atoms with Gasteiger partial charge in [-0.15, -0.1) is 0 Å². The van der Waals surface area contributed by atoms with Crippen LogP contribution in [-0.4, -0.2) is 26.3 Å². The lowest BCUT2D eigenvalue weighted by Crippen LogP contribution is -2.39. The minimum absolute atomic E-state index is 0.0125. The maximum atomic E-state index is 6.97. The predicted octanol–water partition coefficient (Wildman–Crippen LogP) is 6.94. The third kappa shape index (κ3) is 5.00. The van der Waals surface area contributed by atoms with Gasteiger partial charge in [-0.05, 0) is 62.7 Å². The largest absolute Gasteiger partial charge is 0.545 e. The van der Waals surface area contributed by atoms with Gasteiger partial charge in [-0.3, -0.25) is 0 Å². The van der Waals surface area contributed by atoms with Gasteiger partial charge in [0, 0.05) is 12.8 Å². The Labute approximate surface area is 168 Å². The van der Waals surface area contributed by atoms with Crippen LogP contribution in [0.5, 0.6) is 0 Å².